The topological polar surface area (TPSA) is 52.7 Å². The molecule has 25 heavy (non-hydrogen) atoms. The average Bonchev–Trinajstić information content (AvgIpc) is 3.20. The van der Waals surface area contributed by atoms with E-state index in [1.54, 1.807) is 23.1 Å². The summed E-state index contributed by atoms with van der Waals surface area (Å²) in [5.41, 5.74) is 1.19. The Morgan fingerprint density at radius 3 is 2.80 bits per heavy atom. The van der Waals surface area contributed by atoms with Crippen LogP contribution >= 0.6 is 23.1 Å². The Bertz CT molecular complexity index is 896. The molecule has 0 unspecified atom stereocenters. The van der Waals surface area contributed by atoms with Crippen molar-refractivity contribution < 1.29 is 0 Å². The normalized spacial score (nSPS) is 11.5. The molecule has 0 aliphatic heterocycles. The lowest BCUT2D eigenvalue weighted by atomic mass is 10.2. The minimum atomic E-state index is 0.107. The van der Waals surface area contributed by atoms with Crippen LogP contribution < -0.4 is 5.56 Å². The van der Waals surface area contributed by atoms with Crippen molar-refractivity contribution in [3.05, 3.63) is 39.3 Å². The number of thioether (sulfide) groups is 1. The number of hydrogen-bond acceptors (Lipinski definition) is 5. The fourth-order valence-electron chi connectivity index (χ4n) is 2.85. The van der Waals surface area contributed by atoms with Crippen LogP contribution in [0.2, 0.25) is 0 Å². The van der Waals surface area contributed by atoms with Crippen molar-refractivity contribution in [3.63, 3.8) is 0 Å². The zero-order valence-corrected chi connectivity index (χ0v) is 16.6. The van der Waals surface area contributed by atoms with Gasteiger partial charge in [0.05, 0.1) is 5.39 Å². The highest BCUT2D eigenvalue weighted by molar-refractivity contribution is 7.99. The second-order valence-corrected chi connectivity index (χ2v) is 8.35. The van der Waals surface area contributed by atoms with Gasteiger partial charge in [0.15, 0.2) is 5.16 Å². The maximum atomic E-state index is 12.8. The Balaban J connectivity index is 1.62. The fraction of sp³-hybridized carbons (Fsp3) is 0.500. The van der Waals surface area contributed by atoms with Crippen molar-refractivity contribution >= 4 is 33.3 Å². The first kappa shape index (κ1) is 18.2. The maximum absolute atomic E-state index is 12.8. The van der Waals surface area contributed by atoms with Crippen molar-refractivity contribution in [2.45, 2.75) is 58.3 Å². The van der Waals surface area contributed by atoms with Crippen molar-refractivity contribution in [1.29, 1.82) is 0 Å². The molecule has 0 amide bonds. The molecule has 3 aromatic heterocycles. The van der Waals surface area contributed by atoms with E-state index in [2.05, 4.69) is 12.0 Å². The molecule has 0 fully saturated rings. The van der Waals surface area contributed by atoms with Gasteiger partial charge in [-0.25, -0.2) is 4.98 Å². The summed E-state index contributed by atoms with van der Waals surface area (Å²) in [6, 6.07) is 1.95. The standard InChI is InChI=1S/C18H24N4OS2/c1-4-22-17(23)15-13(2)14(3)25-16(15)20-18(22)24-12-7-5-6-10-21-11-8-9-19-21/h8-9,11H,4-7,10,12H2,1-3H3. The smallest absolute Gasteiger partial charge is 0.263 e. The molecule has 0 aromatic carbocycles. The molecule has 0 saturated heterocycles. The van der Waals surface area contributed by atoms with Crippen LogP contribution in [-0.2, 0) is 13.1 Å². The third kappa shape index (κ3) is 3.98. The van der Waals surface area contributed by atoms with E-state index < -0.39 is 0 Å². The second-order valence-electron chi connectivity index (χ2n) is 6.09. The predicted octanol–water partition coefficient (Wildman–Crippen LogP) is 4.25. The zero-order chi connectivity index (χ0) is 17.8. The number of hydrogen-bond donors (Lipinski definition) is 0. The Morgan fingerprint density at radius 1 is 1.24 bits per heavy atom. The summed E-state index contributed by atoms with van der Waals surface area (Å²) < 4.78 is 3.79. The van der Waals surface area contributed by atoms with E-state index in [1.165, 1.54) is 4.88 Å². The minimum absolute atomic E-state index is 0.107. The molecule has 0 bridgehead atoms. The first-order chi connectivity index (χ1) is 12.1. The van der Waals surface area contributed by atoms with Gasteiger partial charge in [0.25, 0.3) is 5.56 Å². The van der Waals surface area contributed by atoms with E-state index in [0.29, 0.717) is 6.54 Å². The molecule has 0 radical (unpaired) electrons. The molecule has 0 aliphatic rings. The number of rotatable bonds is 8. The molecule has 7 heteroatoms. The monoisotopic (exact) mass is 376 g/mol. The summed E-state index contributed by atoms with van der Waals surface area (Å²) in [7, 11) is 0. The van der Waals surface area contributed by atoms with Crippen LogP contribution in [0.15, 0.2) is 28.4 Å². The van der Waals surface area contributed by atoms with E-state index in [-0.39, 0.29) is 5.56 Å². The molecule has 134 valence electrons. The van der Waals surface area contributed by atoms with Crippen molar-refractivity contribution in [1.82, 2.24) is 19.3 Å². The van der Waals surface area contributed by atoms with Crippen molar-refractivity contribution in [2.75, 3.05) is 5.75 Å². The molecular formula is C18H24N4OS2. The lowest BCUT2D eigenvalue weighted by molar-refractivity contribution is 0.554. The van der Waals surface area contributed by atoms with Crippen molar-refractivity contribution in [3.8, 4) is 0 Å². The van der Waals surface area contributed by atoms with Gasteiger partial charge in [-0.3, -0.25) is 14.0 Å². The van der Waals surface area contributed by atoms with Crippen molar-refractivity contribution in [2.24, 2.45) is 0 Å². The van der Waals surface area contributed by atoms with Gasteiger partial charge in [0, 0.05) is 36.1 Å². The SMILES string of the molecule is CCn1c(SCCCCCn2cccn2)nc2sc(C)c(C)c2c1=O. The number of nitrogens with zero attached hydrogens (tertiary/aromatic N) is 4. The van der Waals surface area contributed by atoms with E-state index in [4.69, 9.17) is 4.98 Å². The molecular weight excluding hydrogens is 352 g/mol. The van der Waals surface area contributed by atoms with Crippen LogP contribution in [-0.4, -0.2) is 25.1 Å². The van der Waals surface area contributed by atoms with Gasteiger partial charge in [0.1, 0.15) is 4.83 Å². The van der Waals surface area contributed by atoms with Gasteiger partial charge >= 0.3 is 0 Å². The van der Waals surface area contributed by atoms with Gasteiger partial charge in [-0.15, -0.1) is 11.3 Å². The Hall–Kier alpha value is -1.60. The molecule has 0 atom stereocenters. The van der Waals surface area contributed by atoms with Gasteiger partial charge in [-0.2, -0.15) is 5.10 Å². The lowest BCUT2D eigenvalue weighted by Crippen LogP contribution is -2.22. The predicted molar refractivity (Wildman–Crippen MR) is 106 cm³/mol. The molecule has 3 rings (SSSR count). The summed E-state index contributed by atoms with van der Waals surface area (Å²) >= 11 is 3.32. The molecule has 0 aliphatic carbocycles. The van der Waals surface area contributed by atoms with Crippen LogP contribution in [0.1, 0.15) is 36.6 Å². The zero-order valence-electron chi connectivity index (χ0n) is 15.0. The van der Waals surface area contributed by atoms with E-state index >= 15 is 0 Å². The lowest BCUT2D eigenvalue weighted by Gasteiger charge is -2.10. The van der Waals surface area contributed by atoms with Crippen LogP contribution in [0.3, 0.4) is 0 Å². The van der Waals surface area contributed by atoms with Gasteiger partial charge in [-0.05, 0) is 45.2 Å². The third-order valence-electron chi connectivity index (χ3n) is 4.39. The first-order valence-corrected chi connectivity index (χ1v) is 10.5. The van der Waals surface area contributed by atoms with Gasteiger partial charge < -0.3 is 0 Å². The molecule has 3 aromatic rings. The fourth-order valence-corrected chi connectivity index (χ4v) is 4.98. The molecule has 3 heterocycles. The summed E-state index contributed by atoms with van der Waals surface area (Å²) in [6.45, 7) is 7.72. The number of aromatic nitrogens is 4. The third-order valence-corrected chi connectivity index (χ3v) is 6.56. The van der Waals surface area contributed by atoms with E-state index in [9.17, 15) is 4.79 Å². The average molecular weight is 377 g/mol. The van der Waals surface area contributed by atoms with Crippen LogP contribution in [0, 0.1) is 13.8 Å². The molecule has 0 N–H and O–H groups in total. The highest BCUT2D eigenvalue weighted by atomic mass is 32.2. The van der Waals surface area contributed by atoms with E-state index in [0.717, 1.165) is 52.5 Å². The Morgan fingerprint density at radius 2 is 2.08 bits per heavy atom. The van der Waals surface area contributed by atoms with Crippen LogP contribution in [0.5, 0.6) is 0 Å². The summed E-state index contributed by atoms with van der Waals surface area (Å²) in [4.78, 5) is 19.6. The highest BCUT2D eigenvalue weighted by Crippen LogP contribution is 2.28. The number of fused-ring (bicyclic) bond motifs is 1. The quantitative estimate of drug-likeness (QED) is 0.335. The molecule has 0 saturated carbocycles. The van der Waals surface area contributed by atoms with E-state index in [1.807, 2.05) is 41.6 Å². The highest BCUT2D eigenvalue weighted by Gasteiger charge is 2.15. The molecule has 5 nitrogen and oxygen atoms in total. The second kappa shape index (κ2) is 8.19. The van der Waals surface area contributed by atoms with Gasteiger partial charge in [0.2, 0.25) is 0 Å². The van der Waals surface area contributed by atoms with Crippen LogP contribution in [0.25, 0.3) is 10.2 Å². The largest absolute Gasteiger partial charge is 0.287 e. The number of aryl methyl sites for hydroxylation is 3. The summed E-state index contributed by atoms with van der Waals surface area (Å²) in [5, 5.41) is 5.87. The minimum Gasteiger partial charge on any atom is -0.287 e. The van der Waals surface area contributed by atoms with Crippen LogP contribution in [0.4, 0.5) is 0 Å². The first-order valence-electron chi connectivity index (χ1n) is 8.72. The maximum Gasteiger partial charge on any atom is 0.263 e. The number of thiophene rings is 1. The Labute approximate surface area is 156 Å². The molecule has 0 spiro atoms. The summed E-state index contributed by atoms with van der Waals surface area (Å²) in [6.07, 6.45) is 7.21. The van der Waals surface area contributed by atoms with Gasteiger partial charge in [-0.1, -0.05) is 18.2 Å². The number of unbranched alkanes of at least 4 members (excludes halogenated alkanes) is 2. The summed E-state index contributed by atoms with van der Waals surface area (Å²) in [5.74, 6) is 0.987. The Kier molecular flexibility index (Phi) is 5.96.